The van der Waals surface area contributed by atoms with Crippen molar-refractivity contribution in [3.05, 3.63) is 28.8 Å². The predicted octanol–water partition coefficient (Wildman–Crippen LogP) is 3.72. The van der Waals surface area contributed by atoms with Crippen LogP contribution in [-0.2, 0) is 6.54 Å². The smallest absolute Gasteiger partial charge is 0.120 e. The molecule has 0 radical (unpaired) electrons. The van der Waals surface area contributed by atoms with Crippen molar-refractivity contribution in [2.24, 2.45) is 0 Å². The SMILES string of the molecule is CCCCCCNCc1cc(Cl)ccc1O. The summed E-state index contributed by atoms with van der Waals surface area (Å²) >= 11 is 5.86. The van der Waals surface area contributed by atoms with Crippen molar-refractivity contribution in [3.8, 4) is 5.75 Å². The highest BCUT2D eigenvalue weighted by molar-refractivity contribution is 6.30. The minimum absolute atomic E-state index is 0.311. The second-order valence-electron chi connectivity index (χ2n) is 4.01. The molecule has 0 aliphatic carbocycles. The molecule has 0 aliphatic heterocycles. The Bertz CT molecular complexity index is 315. The molecule has 0 saturated heterocycles. The molecule has 0 heterocycles. The molecule has 0 bridgehead atoms. The third kappa shape index (κ3) is 4.86. The summed E-state index contributed by atoms with van der Waals surface area (Å²) in [6.45, 7) is 3.88. The molecule has 0 unspecified atom stereocenters. The molecule has 0 aromatic heterocycles. The van der Waals surface area contributed by atoms with Crippen molar-refractivity contribution in [3.63, 3.8) is 0 Å². The van der Waals surface area contributed by atoms with E-state index in [0.29, 0.717) is 17.3 Å². The van der Waals surface area contributed by atoms with Crippen LogP contribution in [-0.4, -0.2) is 11.7 Å². The molecule has 1 rings (SSSR count). The number of benzene rings is 1. The van der Waals surface area contributed by atoms with Gasteiger partial charge in [0, 0.05) is 17.1 Å². The summed E-state index contributed by atoms with van der Waals surface area (Å²) in [4.78, 5) is 0. The summed E-state index contributed by atoms with van der Waals surface area (Å²) in [6, 6.07) is 5.13. The molecule has 1 aromatic rings. The van der Waals surface area contributed by atoms with Crippen LogP contribution in [0.5, 0.6) is 5.75 Å². The zero-order chi connectivity index (χ0) is 11.8. The van der Waals surface area contributed by atoms with Crippen molar-refractivity contribution < 1.29 is 5.11 Å². The molecule has 0 fully saturated rings. The van der Waals surface area contributed by atoms with E-state index in [2.05, 4.69) is 12.2 Å². The van der Waals surface area contributed by atoms with Crippen LogP contribution in [0, 0.1) is 0 Å². The first-order chi connectivity index (χ1) is 7.74. The van der Waals surface area contributed by atoms with E-state index in [1.807, 2.05) is 0 Å². The van der Waals surface area contributed by atoms with Crippen molar-refractivity contribution in [2.45, 2.75) is 39.2 Å². The van der Waals surface area contributed by atoms with Crippen LogP contribution in [0.15, 0.2) is 18.2 Å². The number of aromatic hydroxyl groups is 1. The molecular formula is C13H20ClNO. The van der Waals surface area contributed by atoms with Crippen LogP contribution < -0.4 is 5.32 Å². The van der Waals surface area contributed by atoms with Crippen LogP contribution in [0.3, 0.4) is 0 Å². The second kappa shape index (κ2) is 7.53. The van der Waals surface area contributed by atoms with Crippen molar-refractivity contribution in [1.29, 1.82) is 0 Å². The average Bonchev–Trinajstić information content (AvgIpc) is 2.28. The Morgan fingerprint density at radius 1 is 1.25 bits per heavy atom. The molecule has 0 aliphatic rings. The third-order valence-corrected chi connectivity index (χ3v) is 2.80. The first kappa shape index (κ1) is 13.3. The van der Waals surface area contributed by atoms with Gasteiger partial charge in [-0.05, 0) is 31.2 Å². The Morgan fingerprint density at radius 2 is 2.06 bits per heavy atom. The van der Waals surface area contributed by atoms with Gasteiger partial charge in [-0.15, -0.1) is 0 Å². The van der Waals surface area contributed by atoms with Crippen LogP contribution in [0.1, 0.15) is 38.2 Å². The summed E-state index contributed by atoms with van der Waals surface area (Å²) in [5, 5.41) is 13.6. The van der Waals surface area contributed by atoms with Crippen LogP contribution in [0.25, 0.3) is 0 Å². The number of hydrogen-bond donors (Lipinski definition) is 2. The highest BCUT2D eigenvalue weighted by atomic mass is 35.5. The van der Waals surface area contributed by atoms with Gasteiger partial charge in [0.2, 0.25) is 0 Å². The van der Waals surface area contributed by atoms with Gasteiger partial charge in [-0.1, -0.05) is 37.8 Å². The Balaban J connectivity index is 2.23. The number of rotatable bonds is 7. The third-order valence-electron chi connectivity index (χ3n) is 2.56. The van der Waals surface area contributed by atoms with Crippen molar-refractivity contribution in [2.75, 3.05) is 6.54 Å². The van der Waals surface area contributed by atoms with E-state index in [0.717, 1.165) is 12.1 Å². The van der Waals surface area contributed by atoms with Gasteiger partial charge in [0.25, 0.3) is 0 Å². The van der Waals surface area contributed by atoms with Gasteiger partial charge in [0.15, 0.2) is 0 Å². The number of hydrogen-bond acceptors (Lipinski definition) is 2. The minimum Gasteiger partial charge on any atom is -0.508 e. The first-order valence-electron chi connectivity index (χ1n) is 5.92. The largest absolute Gasteiger partial charge is 0.508 e. The van der Waals surface area contributed by atoms with Gasteiger partial charge in [-0.2, -0.15) is 0 Å². The van der Waals surface area contributed by atoms with Gasteiger partial charge in [0.1, 0.15) is 5.75 Å². The quantitative estimate of drug-likeness (QED) is 0.714. The Morgan fingerprint density at radius 3 is 2.81 bits per heavy atom. The fourth-order valence-electron chi connectivity index (χ4n) is 1.60. The zero-order valence-corrected chi connectivity index (χ0v) is 10.6. The maximum absolute atomic E-state index is 9.58. The molecule has 1 aromatic carbocycles. The van der Waals surface area contributed by atoms with Crippen LogP contribution in [0.2, 0.25) is 5.02 Å². The minimum atomic E-state index is 0.311. The van der Waals surface area contributed by atoms with Gasteiger partial charge < -0.3 is 10.4 Å². The highest BCUT2D eigenvalue weighted by Crippen LogP contribution is 2.20. The fraction of sp³-hybridized carbons (Fsp3) is 0.538. The molecule has 2 N–H and O–H groups in total. The lowest BCUT2D eigenvalue weighted by Crippen LogP contribution is -2.14. The molecule has 2 nitrogen and oxygen atoms in total. The summed E-state index contributed by atoms with van der Waals surface area (Å²) in [5.74, 6) is 0.311. The number of halogens is 1. The zero-order valence-electron chi connectivity index (χ0n) is 9.80. The Hall–Kier alpha value is -0.730. The van der Waals surface area contributed by atoms with Crippen LogP contribution >= 0.6 is 11.6 Å². The molecule has 3 heteroatoms. The molecule has 0 amide bonds. The monoisotopic (exact) mass is 241 g/mol. The summed E-state index contributed by atoms with van der Waals surface area (Å²) in [6.07, 6.45) is 5.01. The first-order valence-corrected chi connectivity index (χ1v) is 6.30. The molecule has 0 saturated carbocycles. The van der Waals surface area contributed by atoms with Gasteiger partial charge in [-0.3, -0.25) is 0 Å². The Labute approximate surface area is 103 Å². The number of unbranched alkanes of at least 4 members (excludes halogenated alkanes) is 3. The van der Waals surface area contributed by atoms with Crippen molar-refractivity contribution in [1.82, 2.24) is 5.32 Å². The topological polar surface area (TPSA) is 32.3 Å². The average molecular weight is 242 g/mol. The van der Waals surface area contributed by atoms with E-state index in [-0.39, 0.29) is 0 Å². The Kier molecular flexibility index (Phi) is 6.27. The normalized spacial score (nSPS) is 10.6. The summed E-state index contributed by atoms with van der Waals surface area (Å²) < 4.78 is 0. The number of nitrogens with one attached hydrogen (secondary N) is 1. The van der Waals surface area contributed by atoms with E-state index >= 15 is 0 Å². The van der Waals surface area contributed by atoms with Gasteiger partial charge in [-0.25, -0.2) is 0 Å². The van der Waals surface area contributed by atoms with Gasteiger partial charge >= 0.3 is 0 Å². The highest BCUT2D eigenvalue weighted by Gasteiger charge is 2.00. The lowest BCUT2D eigenvalue weighted by molar-refractivity contribution is 0.463. The van der Waals surface area contributed by atoms with E-state index in [1.54, 1.807) is 18.2 Å². The maximum atomic E-state index is 9.58. The lowest BCUT2D eigenvalue weighted by Gasteiger charge is -2.07. The molecule has 16 heavy (non-hydrogen) atoms. The number of phenolic OH excluding ortho intramolecular Hbond substituents is 1. The number of phenols is 1. The van der Waals surface area contributed by atoms with Crippen molar-refractivity contribution >= 4 is 11.6 Å². The van der Waals surface area contributed by atoms with E-state index in [1.165, 1.54) is 25.7 Å². The summed E-state index contributed by atoms with van der Waals surface area (Å²) in [5.41, 5.74) is 0.864. The van der Waals surface area contributed by atoms with Gasteiger partial charge in [0.05, 0.1) is 0 Å². The molecular weight excluding hydrogens is 222 g/mol. The van der Waals surface area contributed by atoms with E-state index in [9.17, 15) is 5.11 Å². The molecule has 90 valence electrons. The second-order valence-corrected chi connectivity index (χ2v) is 4.45. The standard InChI is InChI=1S/C13H20ClNO/c1-2-3-4-5-8-15-10-11-9-12(14)6-7-13(11)16/h6-7,9,15-16H,2-5,8,10H2,1H3. The lowest BCUT2D eigenvalue weighted by atomic mass is 10.2. The predicted molar refractivity (Wildman–Crippen MR) is 69.0 cm³/mol. The van der Waals surface area contributed by atoms with E-state index < -0.39 is 0 Å². The van der Waals surface area contributed by atoms with Crippen LogP contribution in [0.4, 0.5) is 0 Å². The maximum Gasteiger partial charge on any atom is 0.120 e. The summed E-state index contributed by atoms with van der Waals surface area (Å²) in [7, 11) is 0. The fourth-order valence-corrected chi connectivity index (χ4v) is 1.79. The molecule has 0 spiro atoms. The van der Waals surface area contributed by atoms with E-state index in [4.69, 9.17) is 11.6 Å². The molecule has 0 atom stereocenters.